The minimum Gasteiger partial charge on any atom is -0.397 e. The number of nitrogen functional groups attached to an aromatic ring is 1. The van der Waals surface area contributed by atoms with Crippen molar-refractivity contribution in [3.63, 3.8) is 0 Å². The van der Waals surface area contributed by atoms with Crippen molar-refractivity contribution >= 4 is 44.7 Å². The fourth-order valence-electron chi connectivity index (χ4n) is 3.79. The SMILES string of the molecule is C=C(C)C(=O)Nc1ccc(CNc2cc(S(=O)(=O)O)c(N)c3c2C(=O)c2ccccc2C3=O)cc1. The van der Waals surface area contributed by atoms with Gasteiger partial charge in [-0.05, 0) is 30.7 Å². The zero-order valence-electron chi connectivity index (χ0n) is 18.6. The van der Waals surface area contributed by atoms with Crippen molar-refractivity contribution in [1.82, 2.24) is 0 Å². The fraction of sp³-hybridized carbons (Fsp3) is 0.0800. The number of amides is 1. The lowest BCUT2D eigenvalue weighted by Gasteiger charge is -2.23. The van der Waals surface area contributed by atoms with Crippen molar-refractivity contribution in [1.29, 1.82) is 0 Å². The Morgan fingerprint density at radius 1 is 1.00 bits per heavy atom. The molecule has 0 bridgehead atoms. The third kappa shape index (κ3) is 4.44. The van der Waals surface area contributed by atoms with Crippen LogP contribution in [0.3, 0.4) is 0 Å². The molecule has 5 N–H and O–H groups in total. The fourth-order valence-corrected chi connectivity index (χ4v) is 4.43. The van der Waals surface area contributed by atoms with E-state index in [9.17, 15) is 27.4 Å². The summed E-state index contributed by atoms with van der Waals surface area (Å²) in [6.45, 7) is 5.31. The highest BCUT2D eigenvalue weighted by Crippen LogP contribution is 2.39. The number of benzene rings is 3. The second-order valence-electron chi connectivity index (χ2n) is 8.05. The lowest BCUT2D eigenvalue weighted by atomic mass is 9.82. The molecule has 35 heavy (non-hydrogen) atoms. The molecule has 3 aromatic rings. The molecule has 0 atom stereocenters. The average Bonchev–Trinajstić information content (AvgIpc) is 2.81. The van der Waals surface area contributed by atoms with Gasteiger partial charge in [0, 0.05) is 34.6 Å². The van der Waals surface area contributed by atoms with Crippen molar-refractivity contribution < 1.29 is 27.4 Å². The number of hydrogen-bond acceptors (Lipinski definition) is 7. The minimum absolute atomic E-state index is 0.0364. The summed E-state index contributed by atoms with van der Waals surface area (Å²) in [6, 6.07) is 14.0. The number of carbonyl (C=O) groups excluding carboxylic acids is 3. The number of rotatable bonds is 6. The molecule has 0 spiro atoms. The van der Waals surface area contributed by atoms with Crippen LogP contribution in [0.25, 0.3) is 0 Å². The Hall–Kier alpha value is -4.28. The van der Waals surface area contributed by atoms with E-state index in [0.29, 0.717) is 11.3 Å². The maximum Gasteiger partial charge on any atom is 0.296 e. The van der Waals surface area contributed by atoms with Gasteiger partial charge in [-0.3, -0.25) is 18.9 Å². The monoisotopic (exact) mass is 491 g/mol. The van der Waals surface area contributed by atoms with Gasteiger partial charge in [0.25, 0.3) is 16.0 Å². The van der Waals surface area contributed by atoms with Crippen LogP contribution in [0.15, 0.2) is 71.6 Å². The van der Waals surface area contributed by atoms with E-state index in [0.717, 1.165) is 11.6 Å². The number of ketones is 2. The van der Waals surface area contributed by atoms with Gasteiger partial charge in [-0.2, -0.15) is 8.42 Å². The van der Waals surface area contributed by atoms with Gasteiger partial charge in [0.05, 0.1) is 16.8 Å². The highest BCUT2D eigenvalue weighted by atomic mass is 32.2. The molecule has 178 valence electrons. The Bertz CT molecular complexity index is 1530. The number of fused-ring (bicyclic) bond motifs is 2. The Morgan fingerprint density at radius 2 is 1.57 bits per heavy atom. The van der Waals surface area contributed by atoms with Crippen LogP contribution >= 0.6 is 0 Å². The maximum absolute atomic E-state index is 13.3. The standard InChI is InChI=1S/C25H21N3O6S/c1-13(2)25(31)28-15-9-7-14(8-10-15)12-27-18-11-19(35(32,33)34)22(26)21-20(18)23(29)16-5-3-4-6-17(16)24(21)30/h3-11,27H,1,12,26H2,2H3,(H,28,31)(H,32,33,34). The van der Waals surface area contributed by atoms with Crippen LogP contribution < -0.4 is 16.4 Å². The smallest absolute Gasteiger partial charge is 0.296 e. The van der Waals surface area contributed by atoms with Crippen molar-refractivity contribution in [2.24, 2.45) is 0 Å². The van der Waals surface area contributed by atoms with Gasteiger partial charge in [0.2, 0.25) is 0 Å². The molecule has 0 fully saturated rings. The molecule has 1 aliphatic rings. The first kappa shape index (κ1) is 23.9. The molecule has 9 nitrogen and oxygen atoms in total. The van der Waals surface area contributed by atoms with E-state index in [1.165, 1.54) is 12.1 Å². The summed E-state index contributed by atoms with van der Waals surface area (Å²) in [7, 11) is -4.79. The van der Waals surface area contributed by atoms with Gasteiger partial charge in [0.1, 0.15) is 4.90 Å². The number of anilines is 3. The Balaban J connectivity index is 1.73. The first-order valence-corrected chi connectivity index (χ1v) is 11.8. The second-order valence-corrected chi connectivity index (χ2v) is 9.44. The predicted octanol–water partition coefficient (Wildman–Crippen LogP) is 3.42. The maximum atomic E-state index is 13.3. The van der Waals surface area contributed by atoms with Crippen molar-refractivity contribution in [3.05, 3.63) is 94.6 Å². The molecule has 0 unspecified atom stereocenters. The summed E-state index contributed by atoms with van der Waals surface area (Å²) < 4.78 is 33.7. The Morgan fingerprint density at radius 3 is 2.11 bits per heavy atom. The predicted molar refractivity (Wildman–Crippen MR) is 131 cm³/mol. The number of nitrogens with two attached hydrogens (primary N) is 1. The van der Waals surface area contributed by atoms with Gasteiger partial charge in [0.15, 0.2) is 11.6 Å². The highest BCUT2D eigenvalue weighted by Gasteiger charge is 2.36. The molecule has 4 rings (SSSR count). The van der Waals surface area contributed by atoms with Crippen LogP contribution in [0.5, 0.6) is 0 Å². The molecule has 0 aliphatic heterocycles. The van der Waals surface area contributed by atoms with E-state index >= 15 is 0 Å². The van der Waals surface area contributed by atoms with Crippen LogP contribution in [0.1, 0.15) is 44.3 Å². The molecule has 0 heterocycles. The zero-order chi connectivity index (χ0) is 25.5. The van der Waals surface area contributed by atoms with Crippen LogP contribution in [0.4, 0.5) is 17.1 Å². The second kappa shape index (κ2) is 8.82. The normalized spacial score (nSPS) is 12.5. The van der Waals surface area contributed by atoms with Crippen LogP contribution in [-0.4, -0.2) is 30.4 Å². The molecule has 0 aromatic heterocycles. The van der Waals surface area contributed by atoms with E-state index < -0.39 is 32.3 Å². The lowest BCUT2D eigenvalue weighted by molar-refractivity contribution is -0.112. The first-order valence-electron chi connectivity index (χ1n) is 10.4. The average molecular weight is 492 g/mol. The lowest BCUT2D eigenvalue weighted by Crippen LogP contribution is -2.25. The van der Waals surface area contributed by atoms with Crippen molar-refractivity contribution in [2.45, 2.75) is 18.4 Å². The molecular formula is C25H21N3O6S. The minimum atomic E-state index is -4.79. The third-order valence-electron chi connectivity index (χ3n) is 5.56. The Labute approximate surface area is 201 Å². The molecule has 0 saturated carbocycles. The molecule has 3 aromatic carbocycles. The van der Waals surface area contributed by atoms with Gasteiger partial charge in [-0.25, -0.2) is 0 Å². The number of carbonyl (C=O) groups is 3. The van der Waals surface area contributed by atoms with Crippen LogP contribution in [-0.2, 0) is 21.5 Å². The summed E-state index contributed by atoms with van der Waals surface area (Å²) in [4.78, 5) is 37.6. The van der Waals surface area contributed by atoms with E-state index in [2.05, 4.69) is 17.2 Å². The quantitative estimate of drug-likeness (QED) is 0.182. The summed E-state index contributed by atoms with van der Waals surface area (Å²) >= 11 is 0. The van der Waals surface area contributed by atoms with Crippen molar-refractivity contribution in [3.8, 4) is 0 Å². The largest absolute Gasteiger partial charge is 0.397 e. The number of nitrogens with one attached hydrogen (secondary N) is 2. The van der Waals surface area contributed by atoms with Gasteiger partial charge in [-0.1, -0.05) is 43.0 Å². The van der Waals surface area contributed by atoms with E-state index in [1.54, 1.807) is 43.3 Å². The molecule has 0 saturated heterocycles. The topological polar surface area (TPSA) is 156 Å². The molecule has 10 heteroatoms. The van der Waals surface area contributed by atoms with Crippen LogP contribution in [0, 0.1) is 0 Å². The molecule has 1 aliphatic carbocycles. The summed E-state index contributed by atoms with van der Waals surface area (Å²) in [5, 5.41) is 5.67. The third-order valence-corrected chi connectivity index (χ3v) is 6.45. The van der Waals surface area contributed by atoms with Crippen LogP contribution in [0.2, 0.25) is 0 Å². The highest BCUT2D eigenvalue weighted by molar-refractivity contribution is 7.86. The van der Waals surface area contributed by atoms with Crippen molar-refractivity contribution in [2.75, 3.05) is 16.4 Å². The van der Waals surface area contributed by atoms with Gasteiger partial charge >= 0.3 is 0 Å². The number of hydrogen-bond donors (Lipinski definition) is 4. The molecule has 0 radical (unpaired) electrons. The summed E-state index contributed by atoms with van der Waals surface area (Å²) in [5.41, 5.74) is 7.10. The van der Waals surface area contributed by atoms with E-state index in [-0.39, 0.29) is 40.4 Å². The Kier molecular flexibility index (Phi) is 6.01. The summed E-state index contributed by atoms with van der Waals surface area (Å²) in [6.07, 6.45) is 0. The van der Waals surface area contributed by atoms with Gasteiger partial charge < -0.3 is 16.4 Å². The molecular weight excluding hydrogens is 470 g/mol. The molecule has 1 amide bonds. The van der Waals surface area contributed by atoms with Gasteiger partial charge in [-0.15, -0.1) is 0 Å². The van der Waals surface area contributed by atoms with E-state index in [1.807, 2.05) is 0 Å². The zero-order valence-corrected chi connectivity index (χ0v) is 19.4. The summed E-state index contributed by atoms with van der Waals surface area (Å²) in [5.74, 6) is -1.42. The first-order chi connectivity index (χ1) is 16.5. The van der Waals surface area contributed by atoms with E-state index in [4.69, 9.17) is 5.73 Å².